The molecular formula is C20H38N6O5. The molecule has 0 aromatic rings. The zero-order valence-electron chi connectivity index (χ0n) is 18.7. The SMILES string of the molecule is CCOC(=O)CN1CCCN(CC(N)=O)CCN(CC(N)=O)CCCN(CC=O)CC1. The summed E-state index contributed by atoms with van der Waals surface area (Å²) in [5.41, 5.74) is 10.8. The van der Waals surface area contributed by atoms with Crippen LogP contribution in [0.3, 0.4) is 0 Å². The maximum absolute atomic E-state index is 12.0. The van der Waals surface area contributed by atoms with Crippen LogP contribution in [0.2, 0.25) is 0 Å². The Morgan fingerprint density at radius 3 is 1.58 bits per heavy atom. The second-order valence-corrected chi connectivity index (χ2v) is 7.74. The van der Waals surface area contributed by atoms with Gasteiger partial charge in [0.15, 0.2) is 0 Å². The number of rotatable bonds is 9. The molecule has 1 heterocycles. The minimum Gasteiger partial charge on any atom is -0.465 e. The maximum Gasteiger partial charge on any atom is 0.320 e. The quantitative estimate of drug-likeness (QED) is 0.298. The maximum atomic E-state index is 12.0. The van der Waals surface area contributed by atoms with Gasteiger partial charge in [-0.2, -0.15) is 0 Å². The van der Waals surface area contributed by atoms with Gasteiger partial charge >= 0.3 is 5.97 Å². The van der Waals surface area contributed by atoms with Crippen LogP contribution >= 0.6 is 0 Å². The smallest absolute Gasteiger partial charge is 0.320 e. The largest absolute Gasteiger partial charge is 0.465 e. The molecule has 0 spiro atoms. The Kier molecular flexibility index (Phi) is 13.6. The Labute approximate surface area is 184 Å². The molecule has 0 aromatic carbocycles. The van der Waals surface area contributed by atoms with Crippen molar-refractivity contribution in [2.75, 3.05) is 85.1 Å². The Morgan fingerprint density at radius 2 is 1.16 bits per heavy atom. The predicted octanol–water partition coefficient (Wildman–Crippen LogP) is -2.28. The number of nitrogens with two attached hydrogens (primary N) is 2. The normalized spacial score (nSPS) is 19.4. The van der Waals surface area contributed by atoms with E-state index in [4.69, 9.17) is 16.2 Å². The minimum atomic E-state index is -0.407. The van der Waals surface area contributed by atoms with Gasteiger partial charge in [0.05, 0.1) is 32.8 Å². The summed E-state index contributed by atoms with van der Waals surface area (Å²) < 4.78 is 5.08. The van der Waals surface area contributed by atoms with E-state index < -0.39 is 11.8 Å². The third-order valence-electron chi connectivity index (χ3n) is 5.11. The summed E-state index contributed by atoms with van der Waals surface area (Å²) in [4.78, 5) is 53.9. The first-order valence-electron chi connectivity index (χ1n) is 10.9. The van der Waals surface area contributed by atoms with Crippen molar-refractivity contribution in [3.8, 4) is 0 Å². The topological polar surface area (TPSA) is 143 Å². The lowest BCUT2D eigenvalue weighted by Gasteiger charge is -2.30. The summed E-state index contributed by atoms with van der Waals surface area (Å²) >= 11 is 0. The van der Waals surface area contributed by atoms with Crippen LogP contribution in [0.4, 0.5) is 0 Å². The number of primary amides is 2. The molecule has 1 saturated heterocycles. The third-order valence-corrected chi connectivity index (χ3v) is 5.11. The molecule has 178 valence electrons. The van der Waals surface area contributed by atoms with Crippen molar-refractivity contribution in [1.29, 1.82) is 0 Å². The van der Waals surface area contributed by atoms with E-state index in [0.717, 1.165) is 19.1 Å². The number of carbonyl (C=O) groups excluding carboxylic acids is 4. The average Bonchev–Trinajstić information content (AvgIpc) is 2.68. The lowest BCUT2D eigenvalue weighted by molar-refractivity contribution is -0.144. The lowest BCUT2D eigenvalue weighted by Crippen LogP contribution is -2.45. The highest BCUT2D eigenvalue weighted by molar-refractivity contribution is 5.76. The van der Waals surface area contributed by atoms with Crippen LogP contribution < -0.4 is 11.5 Å². The highest BCUT2D eigenvalue weighted by atomic mass is 16.5. The predicted molar refractivity (Wildman–Crippen MR) is 116 cm³/mol. The Balaban J connectivity index is 2.86. The van der Waals surface area contributed by atoms with Gasteiger partial charge in [0.1, 0.15) is 6.29 Å². The lowest BCUT2D eigenvalue weighted by atomic mass is 10.2. The van der Waals surface area contributed by atoms with Gasteiger partial charge in [-0.25, -0.2) is 0 Å². The highest BCUT2D eigenvalue weighted by Crippen LogP contribution is 2.03. The molecule has 0 bridgehead atoms. The molecule has 0 radical (unpaired) electrons. The molecule has 0 atom stereocenters. The summed E-state index contributed by atoms with van der Waals surface area (Å²) in [5.74, 6) is -1.08. The molecule has 0 unspecified atom stereocenters. The first kappa shape index (κ1) is 27.0. The number of aldehydes is 1. The van der Waals surface area contributed by atoms with E-state index in [1.54, 1.807) is 6.92 Å². The van der Waals surface area contributed by atoms with Crippen molar-refractivity contribution >= 4 is 24.1 Å². The molecule has 1 fully saturated rings. The van der Waals surface area contributed by atoms with E-state index in [2.05, 4.69) is 0 Å². The van der Waals surface area contributed by atoms with Gasteiger partial charge in [0.2, 0.25) is 11.8 Å². The van der Waals surface area contributed by atoms with Crippen molar-refractivity contribution in [3.63, 3.8) is 0 Å². The van der Waals surface area contributed by atoms with Crippen LogP contribution in [0, 0.1) is 0 Å². The van der Waals surface area contributed by atoms with Crippen molar-refractivity contribution in [2.45, 2.75) is 19.8 Å². The summed E-state index contributed by atoms with van der Waals surface area (Å²) in [5, 5.41) is 0. The number of hydrogen-bond donors (Lipinski definition) is 2. The van der Waals surface area contributed by atoms with Crippen LogP contribution in [-0.2, 0) is 23.9 Å². The number of esters is 1. The highest BCUT2D eigenvalue weighted by Gasteiger charge is 2.18. The van der Waals surface area contributed by atoms with Gasteiger partial charge in [-0.15, -0.1) is 0 Å². The summed E-state index contributed by atoms with van der Waals surface area (Å²) in [7, 11) is 0. The van der Waals surface area contributed by atoms with Crippen LogP contribution in [0.25, 0.3) is 0 Å². The van der Waals surface area contributed by atoms with Gasteiger partial charge in [-0.05, 0) is 39.4 Å². The number of carbonyl (C=O) groups is 4. The van der Waals surface area contributed by atoms with Crippen molar-refractivity contribution in [2.24, 2.45) is 11.5 Å². The van der Waals surface area contributed by atoms with E-state index in [1.807, 2.05) is 19.6 Å². The number of amides is 2. The molecule has 1 rings (SSSR count). The first-order chi connectivity index (χ1) is 14.8. The molecule has 31 heavy (non-hydrogen) atoms. The Hall–Kier alpha value is -2.08. The van der Waals surface area contributed by atoms with Crippen LogP contribution in [0.1, 0.15) is 19.8 Å². The van der Waals surface area contributed by atoms with Gasteiger partial charge in [0, 0.05) is 32.7 Å². The fraction of sp³-hybridized carbons (Fsp3) is 0.800. The Bertz CT molecular complexity index is 576. The second kappa shape index (κ2) is 15.7. The molecule has 11 nitrogen and oxygen atoms in total. The van der Waals surface area contributed by atoms with Gasteiger partial charge < -0.3 is 21.0 Å². The van der Waals surface area contributed by atoms with Gasteiger partial charge in [-0.1, -0.05) is 0 Å². The van der Waals surface area contributed by atoms with E-state index in [-0.39, 0.29) is 25.6 Å². The van der Waals surface area contributed by atoms with Crippen LogP contribution in [0.15, 0.2) is 0 Å². The minimum absolute atomic E-state index is 0.134. The molecule has 1 aliphatic heterocycles. The van der Waals surface area contributed by atoms with Crippen LogP contribution in [0.5, 0.6) is 0 Å². The Morgan fingerprint density at radius 1 is 0.742 bits per heavy atom. The zero-order valence-corrected chi connectivity index (χ0v) is 18.7. The van der Waals surface area contributed by atoms with E-state index in [9.17, 15) is 19.2 Å². The standard InChI is InChI=1S/C20H38N6O5/c1-2-31-20(30)17-26-8-4-7-25(16-19(22)29)12-11-24(15-18(21)28)6-3-5-23(9-10-26)13-14-27/h14H,2-13,15-17H2,1H3,(H2,21,28)(H2,22,29). The molecule has 2 amide bonds. The summed E-state index contributed by atoms with van der Waals surface area (Å²) in [6.07, 6.45) is 2.37. The van der Waals surface area contributed by atoms with Gasteiger partial charge in [-0.3, -0.25) is 34.0 Å². The van der Waals surface area contributed by atoms with Gasteiger partial charge in [0.25, 0.3) is 0 Å². The molecular weight excluding hydrogens is 404 g/mol. The molecule has 11 heteroatoms. The average molecular weight is 443 g/mol. The monoisotopic (exact) mass is 442 g/mol. The molecule has 4 N–H and O–H groups in total. The first-order valence-corrected chi connectivity index (χ1v) is 10.9. The number of nitrogens with zero attached hydrogens (tertiary/aromatic N) is 4. The van der Waals surface area contributed by atoms with E-state index >= 15 is 0 Å². The van der Waals surface area contributed by atoms with Crippen molar-refractivity contribution < 1.29 is 23.9 Å². The van der Waals surface area contributed by atoms with E-state index in [0.29, 0.717) is 65.5 Å². The zero-order chi connectivity index (χ0) is 23.1. The number of ether oxygens (including phenoxy) is 1. The summed E-state index contributed by atoms with van der Waals surface area (Å²) in [6, 6.07) is 0. The summed E-state index contributed by atoms with van der Waals surface area (Å²) in [6.45, 7) is 7.91. The molecule has 0 aromatic heterocycles. The molecule has 0 saturated carbocycles. The van der Waals surface area contributed by atoms with E-state index in [1.165, 1.54) is 0 Å². The fourth-order valence-corrected chi connectivity index (χ4v) is 3.64. The number of hydrogen-bond acceptors (Lipinski definition) is 9. The van der Waals surface area contributed by atoms with Crippen molar-refractivity contribution in [1.82, 2.24) is 19.6 Å². The molecule has 0 aliphatic carbocycles. The third kappa shape index (κ3) is 13.0. The molecule has 1 aliphatic rings. The van der Waals surface area contributed by atoms with Crippen LogP contribution in [-0.4, -0.2) is 129 Å². The second-order valence-electron chi connectivity index (χ2n) is 7.74. The van der Waals surface area contributed by atoms with Crippen molar-refractivity contribution in [3.05, 3.63) is 0 Å². The fourth-order valence-electron chi connectivity index (χ4n) is 3.64.